The summed E-state index contributed by atoms with van der Waals surface area (Å²) < 4.78 is 10.8. The van der Waals surface area contributed by atoms with Gasteiger partial charge in [-0.15, -0.1) is 0 Å². The Balaban J connectivity index is 2.41. The van der Waals surface area contributed by atoms with Crippen LogP contribution in [-0.2, 0) is 0 Å². The number of benzene rings is 1. The summed E-state index contributed by atoms with van der Waals surface area (Å²) in [6.07, 6.45) is 2.24. The van der Waals surface area contributed by atoms with Gasteiger partial charge in [-0.25, -0.2) is 0 Å². The molecule has 3 nitrogen and oxygen atoms in total. The van der Waals surface area contributed by atoms with Gasteiger partial charge in [0.05, 0.1) is 14.2 Å². The Labute approximate surface area is 96.5 Å². The summed E-state index contributed by atoms with van der Waals surface area (Å²) >= 11 is 0. The highest BCUT2D eigenvalue weighted by Crippen LogP contribution is 2.42. The molecule has 1 saturated carbocycles. The van der Waals surface area contributed by atoms with E-state index < -0.39 is 0 Å². The van der Waals surface area contributed by atoms with Gasteiger partial charge in [0.25, 0.3) is 0 Å². The molecule has 0 aliphatic heterocycles. The molecule has 2 atom stereocenters. The van der Waals surface area contributed by atoms with Gasteiger partial charge in [0.15, 0.2) is 0 Å². The first-order valence-electron chi connectivity index (χ1n) is 5.65. The van der Waals surface area contributed by atoms with Gasteiger partial charge in [-0.1, -0.05) is 0 Å². The average Bonchev–Trinajstić information content (AvgIpc) is 2.28. The van der Waals surface area contributed by atoms with Gasteiger partial charge in [0.1, 0.15) is 11.5 Å². The molecule has 1 aromatic rings. The maximum atomic E-state index is 6.01. The highest BCUT2D eigenvalue weighted by atomic mass is 16.5. The van der Waals surface area contributed by atoms with E-state index in [-0.39, 0.29) is 6.04 Å². The Hall–Kier alpha value is -1.22. The zero-order valence-electron chi connectivity index (χ0n) is 10.1. The van der Waals surface area contributed by atoms with Gasteiger partial charge in [-0.05, 0) is 37.5 Å². The van der Waals surface area contributed by atoms with Gasteiger partial charge >= 0.3 is 0 Å². The molecule has 0 heterocycles. The van der Waals surface area contributed by atoms with Crippen LogP contribution in [0.3, 0.4) is 0 Å². The largest absolute Gasteiger partial charge is 0.496 e. The Bertz CT molecular complexity index is 390. The molecule has 0 saturated heterocycles. The minimum Gasteiger partial charge on any atom is -0.496 e. The fourth-order valence-corrected chi connectivity index (χ4v) is 2.28. The molecule has 0 bridgehead atoms. The van der Waals surface area contributed by atoms with Crippen molar-refractivity contribution >= 4 is 0 Å². The Morgan fingerprint density at radius 2 is 1.81 bits per heavy atom. The number of aryl methyl sites for hydroxylation is 1. The predicted octanol–water partition coefficient (Wildman–Crippen LogP) is 2.22. The third kappa shape index (κ3) is 1.76. The quantitative estimate of drug-likeness (QED) is 0.851. The van der Waals surface area contributed by atoms with Crippen molar-refractivity contribution < 1.29 is 9.47 Å². The van der Waals surface area contributed by atoms with Crippen molar-refractivity contribution in [2.45, 2.75) is 31.7 Å². The first-order valence-corrected chi connectivity index (χ1v) is 5.65. The number of nitrogens with two attached hydrogens (primary N) is 1. The van der Waals surface area contributed by atoms with E-state index in [4.69, 9.17) is 15.2 Å². The Kier molecular flexibility index (Phi) is 3.06. The zero-order chi connectivity index (χ0) is 11.7. The van der Waals surface area contributed by atoms with E-state index in [9.17, 15) is 0 Å². The van der Waals surface area contributed by atoms with Gasteiger partial charge in [-0.2, -0.15) is 0 Å². The maximum absolute atomic E-state index is 6.01. The second-order valence-corrected chi connectivity index (χ2v) is 4.41. The van der Waals surface area contributed by atoms with Crippen molar-refractivity contribution in [2.75, 3.05) is 14.2 Å². The second kappa shape index (κ2) is 4.34. The van der Waals surface area contributed by atoms with E-state index in [0.717, 1.165) is 29.9 Å². The second-order valence-electron chi connectivity index (χ2n) is 4.41. The highest BCUT2D eigenvalue weighted by molar-refractivity contribution is 5.48. The first-order chi connectivity index (χ1) is 7.67. The maximum Gasteiger partial charge on any atom is 0.122 e. The van der Waals surface area contributed by atoms with Gasteiger partial charge in [0.2, 0.25) is 0 Å². The van der Waals surface area contributed by atoms with E-state index in [1.807, 2.05) is 13.0 Å². The molecular formula is C13H19NO2. The standard InChI is InChI=1S/C13H19NO2/c1-8-6-13(16-3)10(7-12(8)15-2)9-4-5-11(9)14/h6-7,9,11H,4-5,14H2,1-3H3/t9?,11-/m0/s1. The molecule has 1 aliphatic rings. The van der Waals surface area contributed by atoms with Gasteiger partial charge in [-0.3, -0.25) is 0 Å². The lowest BCUT2D eigenvalue weighted by Gasteiger charge is -2.35. The van der Waals surface area contributed by atoms with Crippen LogP contribution < -0.4 is 15.2 Å². The van der Waals surface area contributed by atoms with Crippen LogP contribution in [0.4, 0.5) is 0 Å². The van der Waals surface area contributed by atoms with E-state index >= 15 is 0 Å². The van der Waals surface area contributed by atoms with Crippen molar-refractivity contribution in [3.63, 3.8) is 0 Å². The summed E-state index contributed by atoms with van der Waals surface area (Å²) in [6, 6.07) is 4.36. The molecule has 1 unspecified atom stereocenters. The zero-order valence-corrected chi connectivity index (χ0v) is 10.1. The van der Waals surface area contributed by atoms with Crippen molar-refractivity contribution in [1.29, 1.82) is 0 Å². The lowest BCUT2D eigenvalue weighted by Crippen LogP contribution is -2.37. The summed E-state index contributed by atoms with van der Waals surface area (Å²) in [5, 5.41) is 0. The van der Waals surface area contributed by atoms with E-state index in [1.165, 1.54) is 5.56 Å². The number of methoxy groups -OCH3 is 2. The molecule has 16 heavy (non-hydrogen) atoms. The minimum atomic E-state index is 0.265. The van der Waals surface area contributed by atoms with Gasteiger partial charge in [0, 0.05) is 17.5 Å². The molecule has 88 valence electrons. The fraction of sp³-hybridized carbons (Fsp3) is 0.538. The molecule has 0 radical (unpaired) electrons. The van der Waals surface area contributed by atoms with Gasteiger partial charge < -0.3 is 15.2 Å². The van der Waals surface area contributed by atoms with E-state index in [1.54, 1.807) is 14.2 Å². The molecule has 2 rings (SSSR count). The summed E-state index contributed by atoms with van der Waals surface area (Å²) in [5.41, 5.74) is 8.29. The molecule has 1 aromatic carbocycles. The van der Waals surface area contributed by atoms with E-state index in [0.29, 0.717) is 5.92 Å². The number of hydrogen-bond donors (Lipinski definition) is 1. The van der Waals surface area contributed by atoms with E-state index in [2.05, 4.69) is 6.07 Å². The van der Waals surface area contributed by atoms with Crippen LogP contribution in [0, 0.1) is 6.92 Å². The molecule has 0 amide bonds. The van der Waals surface area contributed by atoms with Crippen LogP contribution in [0.1, 0.15) is 29.9 Å². The molecule has 1 fully saturated rings. The lowest BCUT2D eigenvalue weighted by molar-refractivity contribution is 0.326. The SMILES string of the molecule is COc1cc(C2CC[C@@H]2N)c(OC)cc1C. The van der Waals surface area contributed by atoms with Crippen LogP contribution in [0.25, 0.3) is 0 Å². The van der Waals surface area contributed by atoms with Crippen LogP contribution in [0.2, 0.25) is 0 Å². The average molecular weight is 221 g/mol. The predicted molar refractivity (Wildman–Crippen MR) is 64.2 cm³/mol. The molecule has 2 N–H and O–H groups in total. The van der Waals surface area contributed by atoms with Crippen LogP contribution in [-0.4, -0.2) is 20.3 Å². The normalized spacial score (nSPS) is 23.8. The summed E-state index contributed by atoms with van der Waals surface area (Å²) in [7, 11) is 3.40. The topological polar surface area (TPSA) is 44.5 Å². The molecule has 0 aromatic heterocycles. The van der Waals surface area contributed by atoms with Crippen molar-refractivity contribution in [1.82, 2.24) is 0 Å². The minimum absolute atomic E-state index is 0.265. The highest BCUT2D eigenvalue weighted by Gasteiger charge is 2.31. The number of rotatable bonds is 3. The molecule has 3 heteroatoms. The molecule has 0 spiro atoms. The third-order valence-corrected chi connectivity index (χ3v) is 3.47. The van der Waals surface area contributed by atoms with Crippen LogP contribution in [0.5, 0.6) is 11.5 Å². The fourth-order valence-electron chi connectivity index (χ4n) is 2.28. The summed E-state index contributed by atoms with van der Waals surface area (Å²) in [4.78, 5) is 0. The monoisotopic (exact) mass is 221 g/mol. The Morgan fingerprint density at radius 3 is 2.25 bits per heavy atom. The lowest BCUT2D eigenvalue weighted by atomic mass is 9.75. The summed E-state index contributed by atoms with van der Waals surface area (Å²) in [5.74, 6) is 2.26. The van der Waals surface area contributed by atoms with Crippen LogP contribution in [0.15, 0.2) is 12.1 Å². The number of ether oxygens (including phenoxy) is 2. The molecule has 1 aliphatic carbocycles. The summed E-state index contributed by atoms with van der Waals surface area (Å²) in [6.45, 7) is 2.02. The van der Waals surface area contributed by atoms with Crippen molar-refractivity contribution in [3.8, 4) is 11.5 Å². The smallest absolute Gasteiger partial charge is 0.122 e. The number of hydrogen-bond acceptors (Lipinski definition) is 3. The van der Waals surface area contributed by atoms with Crippen LogP contribution >= 0.6 is 0 Å². The first kappa shape index (κ1) is 11.3. The van der Waals surface area contributed by atoms with Crippen molar-refractivity contribution in [3.05, 3.63) is 23.3 Å². The molecular weight excluding hydrogens is 202 g/mol. The third-order valence-electron chi connectivity index (χ3n) is 3.47. The Morgan fingerprint density at radius 1 is 1.12 bits per heavy atom. The van der Waals surface area contributed by atoms with Crippen molar-refractivity contribution in [2.24, 2.45) is 5.73 Å².